The summed E-state index contributed by atoms with van der Waals surface area (Å²) in [6, 6.07) is 4.26. The van der Waals surface area contributed by atoms with Crippen LogP contribution in [0.2, 0.25) is 0 Å². The molecule has 8 nitrogen and oxygen atoms in total. The summed E-state index contributed by atoms with van der Waals surface area (Å²) >= 11 is 0. The van der Waals surface area contributed by atoms with Crippen LogP contribution in [0.5, 0.6) is 0 Å². The second-order valence-corrected chi connectivity index (χ2v) is 8.43. The fraction of sp³-hybridized carbons (Fsp3) is 0.429. The number of H-pyrrole nitrogens is 1. The lowest BCUT2D eigenvalue weighted by Gasteiger charge is -2.37. The van der Waals surface area contributed by atoms with E-state index in [9.17, 15) is 4.79 Å². The molecule has 0 bridgehead atoms. The molecule has 8 heteroatoms. The van der Waals surface area contributed by atoms with Crippen LogP contribution in [0.4, 0.5) is 10.5 Å². The third kappa shape index (κ3) is 4.31. The van der Waals surface area contributed by atoms with Crippen molar-refractivity contribution in [2.45, 2.75) is 58.2 Å². The number of fused-ring (bicyclic) bond motifs is 1. The zero-order valence-corrected chi connectivity index (χ0v) is 17.1. The van der Waals surface area contributed by atoms with Gasteiger partial charge in [0.2, 0.25) is 0 Å². The monoisotopic (exact) mass is 394 g/mol. The van der Waals surface area contributed by atoms with Crippen molar-refractivity contribution >= 4 is 22.8 Å². The lowest BCUT2D eigenvalue weighted by molar-refractivity contribution is 0.0475. The molecule has 0 aliphatic heterocycles. The zero-order chi connectivity index (χ0) is 20.6. The number of rotatable bonds is 4. The highest BCUT2D eigenvalue weighted by Crippen LogP contribution is 2.35. The van der Waals surface area contributed by atoms with Crippen molar-refractivity contribution in [2.24, 2.45) is 0 Å². The molecule has 3 heterocycles. The fourth-order valence-corrected chi connectivity index (χ4v) is 3.50. The maximum absolute atomic E-state index is 12.0. The Bertz CT molecular complexity index is 1030. The molecule has 1 amide bonds. The Hall–Kier alpha value is -3.16. The van der Waals surface area contributed by atoms with Gasteiger partial charge < -0.3 is 20.4 Å². The van der Waals surface area contributed by atoms with Gasteiger partial charge in [0, 0.05) is 41.6 Å². The van der Waals surface area contributed by atoms with Crippen LogP contribution in [0.1, 0.15) is 39.4 Å². The van der Waals surface area contributed by atoms with Gasteiger partial charge in [0.05, 0.1) is 11.4 Å². The predicted molar refractivity (Wildman–Crippen MR) is 112 cm³/mol. The molecule has 3 aromatic rings. The molecular weight excluding hydrogens is 368 g/mol. The Labute approximate surface area is 169 Å². The number of amides is 1. The molecule has 0 unspecified atom stereocenters. The second-order valence-electron chi connectivity index (χ2n) is 8.43. The van der Waals surface area contributed by atoms with Crippen molar-refractivity contribution in [3.05, 3.63) is 36.5 Å². The van der Waals surface area contributed by atoms with Crippen LogP contribution < -0.4 is 10.6 Å². The Morgan fingerprint density at radius 3 is 2.72 bits per heavy atom. The molecule has 0 saturated heterocycles. The fourth-order valence-electron chi connectivity index (χ4n) is 3.50. The molecule has 1 aliphatic rings. The van der Waals surface area contributed by atoms with Gasteiger partial charge in [0.1, 0.15) is 17.1 Å². The van der Waals surface area contributed by atoms with Gasteiger partial charge in [0.15, 0.2) is 0 Å². The number of nitrogens with one attached hydrogen (secondary N) is 3. The summed E-state index contributed by atoms with van der Waals surface area (Å²) in [6.45, 7) is 7.46. The van der Waals surface area contributed by atoms with Crippen molar-refractivity contribution in [1.82, 2.24) is 25.3 Å². The summed E-state index contributed by atoms with van der Waals surface area (Å²) < 4.78 is 5.34. The van der Waals surface area contributed by atoms with E-state index in [0.29, 0.717) is 5.82 Å². The van der Waals surface area contributed by atoms with Gasteiger partial charge in [-0.15, -0.1) is 0 Å². The predicted octanol–water partition coefficient (Wildman–Crippen LogP) is 3.80. The molecule has 152 valence electrons. The van der Waals surface area contributed by atoms with E-state index in [0.717, 1.165) is 40.8 Å². The molecule has 4 rings (SSSR count). The van der Waals surface area contributed by atoms with Crippen molar-refractivity contribution in [1.29, 1.82) is 0 Å². The van der Waals surface area contributed by atoms with Gasteiger partial charge in [-0.2, -0.15) is 0 Å². The van der Waals surface area contributed by atoms with Crippen molar-refractivity contribution in [2.75, 3.05) is 5.32 Å². The number of hydrogen-bond donors (Lipinski definition) is 3. The largest absolute Gasteiger partial charge is 0.444 e. The normalized spacial score (nSPS) is 18.9. The SMILES string of the molecule is Cc1nccc(-c2cnc3[nH]ccc3c2NC2CC(NC(=O)OC(C)(C)C)C2)n1. The Morgan fingerprint density at radius 1 is 1.21 bits per heavy atom. The van der Waals surface area contributed by atoms with E-state index < -0.39 is 5.60 Å². The third-order valence-electron chi connectivity index (χ3n) is 4.85. The average Bonchev–Trinajstić information content (AvgIpc) is 3.07. The Morgan fingerprint density at radius 2 is 2.00 bits per heavy atom. The summed E-state index contributed by atoms with van der Waals surface area (Å²) in [7, 11) is 0. The van der Waals surface area contributed by atoms with Crippen LogP contribution >= 0.6 is 0 Å². The lowest BCUT2D eigenvalue weighted by Crippen LogP contribution is -2.50. The highest BCUT2D eigenvalue weighted by atomic mass is 16.6. The molecule has 3 aromatic heterocycles. The van der Waals surface area contributed by atoms with Gasteiger partial charge in [0.25, 0.3) is 0 Å². The maximum atomic E-state index is 12.0. The number of pyridine rings is 1. The highest BCUT2D eigenvalue weighted by molar-refractivity contribution is 5.97. The summed E-state index contributed by atoms with van der Waals surface area (Å²) in [6.07, 6.45) is 6.76. The molecule has 1 fully saturated rings. The van der Waals surface area contributed by atoms with E-state index in [1.807, 2.05) is 52.2 Å². The van der Waals surface area contributed by atoms with E-state index in [-0.39, 0.29) is 18.2 Å². The first-order chi connectivity index (χ1) is 13.8. The molecule has 1 aliphatic carbocycles. The van der Waals surface area contributed by atoms with Crippen LogP contribution in [-0.4, -0.2) is 43.7 Å². The minimum Gasteiger partial charge on any atom is -0.444 e. The zero-order valence-electron chi connectivity index (χ0n) is 17.1. The second kappa shape index (κ2) is 7.35. The molecule has 1 saturated carbocycles. The number of aromatic amines is 1. The van der Waals surface area contributed by atoms with Crippen LogP contribution in [0.25, 0.3) is 22.3 Å². The summed E-state index contributed by atoms with van der Waals surface area (Å²) in [5.41, 5.74) is 3.09. The van der Waals surface area contributed by atoms with Gasteiger partial charge in [-0.3, -0.25) is 0 Å². The van der Waals surface area contributed by atoms with Gasteiger partial charge in [-0.1, -0.05) is 0 Å². The van der Waals surface area contributed by atoms with Crippen LogP contribution in [0.15, 0.2) is 30.7 Å². The minimum absolute atomic E-state index is 0.107. The number of carbonyl (C=O) groups is 1. The number of carbonyl (C=O) groups excluding carboxylic acids is 1. The number of nitrogens with zero attached hydrogens (tertiary/aromatic N) is 3. The summed E-state index contributed by atoms with van der Waals surface area (Å²) in [5, 5.41) is 7.58. The van der Waals surface area contributed by atoms with Gasteiger partial charge >= 0.3 is 6.09 Å². The summed E-state index contributed by atoms with van der Waals surface area (Å²) in [5.74, 6) is 0.716. The first-order valence-electron chi connectivity index (χ1n) is 9.80. The number of hydrogen-bond acceptors (Lipinski definition) is 6. The van der Waals surface area contributed by atoms with Crippen molar-refractivity contribution in [3.63, 3.8) is 0 Å². The van der Waals surface area contributed by atoms with Crippen LogP contribution in [-0.2, 0) is 4.74 Å². The molecule has 0 spiro atoms. The average molecular weight is 394 g/mol. The van der Waals surface area contributed by atoms with Crippen LogP contribution in [0, 0.1) is 6.92 Å². The van der Waals surface area contributed by atoms with E-state index in [1.54, 1.807) is 6.20 Å². The smallest absolute Gasteiger partial charge is 0.407 e. The molecular formula is C21H26N6O2. The van der Waals surface area contributed by atoms with E-state index in [4.69, 9.17) is 4.74 Å². The van der Waals surface area contributed by atoms with Gasteiger partial charge in [-0.05, 0) is 52.7 Å². The van der Waals surface area contributed by atoms with Crippen molar-refractivity contribution in [3.8, 4) is 11.3 Å². The molecule has 3 N–H and O–H groups in total. The molecule has 0 radical (unpaired) electrons. The van der Waals surface area contributed by atoms with Gasteiger partial charge in [-0.25, -0.2) is 19.7 Å². The first kappa shape index (κ1) is 19.2. The Kier molecular flexibility index (Phi) is 4.86. The minimum atomic E-state index is -0.493. The highest BCUT2D eigenvalue weighted by Gasteiger charge is 2.32. The lowest BCUT2D eigenvalue weighted by atomic mass is 9.86. The standard InChI is InChI=1S/C21H26N6O2/c1-12-22-8-6-17(25-12)16-11-24-19-15(5-7-23-19)18(16)26-13-9-14(10-13)27-20(28)29-21(2,3)4/h5-8,11,13-14H,9-10H2,1-4H3,(H,27,28)(H2,23,24,26). The number of aromatic nitrogens is 4. The maximum Gasteiger partial charge on any atom is 0.407 e. The molecule has 0 aromatic carbocycles. The quantitative estimate of drug-likeness (QED) is 0.622. The number of aryl methyl sites for hydroxylation is 1. The first-order valence-corrected chi connectivity index (χ1v) is 9.80. The molecule has 29 heavy (non-hydrogen) atoms. The van der Waals surface area contributed by atoms with E-state index >= 15 is 0 Å². The Balaban J connectivity index is 1.50. The van der Waals surface area contributed by atoms with E-state index in [2.05, 4.69) is 30.6 Å². The number of ether oxygens (including phenoxy) is 1. The van der Waals surface area contributed by atoms with Crippen LogP contribution in [0.3, 0.4) is 0 Å². The molecule has 0 atom stereocenters. The van der Waals surface area contributed by atoms with Crippen molar-refractivity contribution < 1.29 is 9.53 Å². The number of alkyl carbamates (subject to hydrolysis) is 1. The number of anilines is 1. The summed E-state index contributed by atoms with van der Waals surface area (Å²) in [4.78, 5) is 28.4. The van der Waals surface area contributed by atoms with E-state index in [1.165, 1.54) is 0 Å². The topological polar surface area (TPSA) is 105 Å². The third-order valence-corrected chi connectivity index (χ3v) is 4.85.